The summed E-state index contributed by atoms with van der Waals surface area (Å²) in [5, 5.41) is 4.58. The van der Waals surface area contributed by atoms with E-state index in [0.29, 0.717) is 12.0 Å². The van der Waals surface area contributed by atoms with Gasteiger partial charge in [-0.2, -0.15) is 4.98 Å². The number of nitrogen functional groups attached to an aromatic ring is 1. The largest absolute Gasteiger partial charge is 0.368 e. The number of aromatic nitrogens is 3. The van der Waals surface area contributed by atoms with Gasteiger partial charge in [-0.3, -0.25) is 0 Å². The number of anilines is 2. The quantitative estimate of drug-likeness (QED) is 0.485. The van der Waals surface area contributed by atoms with E-state index in [1.54, 1.807) is 6.20 Å². The maximum atomic E-state index is 5.94. The molecular formula is C19H19Br2N5. The van der Waals surface area contributed by atoms with Crippen LogP contribution in [0.25, 0.3) is 22.0 Å². The molecule has 1 aliphatic rings. The molecule has 0 amide bonds. The van der Waals surface area contributed by atoms with Crippen molar-refractivity contribution in [2.75, 3.05) is 11.1 Å². The summed E-state index contributed by atoms with van der Waals surface area (Å²) < 4.78 is 1.74. The number of fused-ring (bicyclic) bond motifs is 1. The van der Waals surface area contributed by atoms with Crippen molar-refractivity contribution >= 4 is 54.5 Å². The fraction of sp³-hybridized carbons (Fsp3) is 0.316. The Morgan fingerprint density at radius 2 is 1.85 bits per heavy atom. The van der Waals surface area contributed by atoms with Crippen molar-refractivity contribution in [3.63, 3.8) is 0 Å². The molecule has 0 saturated heterocycles. The van der Waals surface area contributed by atoms with Crippen molar-refractivity contribution in [1.82, 2.24) is 15.0 Å². The molecule has 2 aromatic heterocycles. The highest BCUT2D eigenvalue weighted by Gasteiger charge is 2.16. The van der Waals surface area contributed by atoms with Gasteiger partial charge >= 0.3 is 0 Å². The molecule has 134 valence electrons. The van der Waals surface area contributed by atoms with Crippen molar-refractivity contribution in [3.8, 4) is 11.1 Å². The molecule has 1 aliphatic carbocycles. The first-order chi connectivity index (χ1) is 12.6. The number of nitrogens with zero attached hydrogens (tertiary/aromatic N) is 3. The van der Waals surface area contributed by atoms with E-state index in [0.717, 1.165) is 36.9 Å². The summed E-state index contributed by atoms with van der Waals surface area (Å²) in [5.74, 6) is 1.12. The van der Waals surface area contributed by atoms with Gasteiger partial charge in [-0.15, -0.1) is 0 Å². The molecule has 0 aliphatic heterocycles. The maximum Gasteiger partial charge on any atom is 0.222 e. The summed E-state index contributed by atoms with van der Waals surface area (Å²) >= 11 is 7.04. The van der Waals surface area contributed by atoms with Gasteiger partial charge in [0.1, 0.15) is 10.4 Å². The van der Waals surface area contributed by atoms with Crippen LogP contribution in [0, 0.1) is 0 Å². The van der Waals surface area contributed by atoms with Crippen LogP contribution in [0.3, 0.4) is 0 Å². The van der Waals surface area contributed by atoms with Crippen LogP contribution in [0.15, 0.2) is 39.5 Å². The van der Waals surface area contributed by atoms with Gasteiger partial charge in [0.05, 0.1) is 5.52 Å². The first-order valence-electron chi connectivity index (χ1n) is 8.75. The third kappa shape index (κ3) is 3.69. The lowest BCUT2D eigenvalue weighted by molar-refractivity contribution is 0.462. The Kier molecular flexibility index (Phi) is 5.09. The highest BCUT2D eigenvalue weighted by Crippen LogP contribution is 2.33. The molecule has 1 aromatic carbocycles. The van der Waals surface area contributed by atoms with Crippen LogP contribution in [-0.4, -0.2) is 21.0 Å². The van der Waals surface area contributed by atoms with Crippen LogP contribution in [0.5, 0.6) is 0 Å². The number of benzene rings is 1. The van der Waals surface area contributed by atoms with E-state index in [4.69, 9.17) is 5.73 Å². The van der Waals surface area contributed by atoms with Crippen LogP contribution in [0.4, 0.5) is 11.8 Å². The summed E-state index contributed by atoms with van der Waals surface area (Å²) in [4.78, 5) is 13.3. The summed E-state index contributed by atoms with van der Waals surface area (Å²) in [6, 6.07) is 8.62. The zero-order chi connectivity index (χ0) is 18.1. The number of rotatable bonds is 3. The Morgan fingerprint density at radius 3 is 2.65 bits per heavy atom. The lowest BCUT2D eigenvalue weighted by Gasteiger charge is -2.24. The summed E-state index contributed by atoms with van der Waals surface area (Å²) in [6.45, 7) is 0. The molecule has 5 nitrogen and oxygen atoms in total. The van der Waals surface area contributed by atoms with Gasteiger partial charge in [0, 0.05) is 27.7 Å². The zero-order valence-corrected chi connectivity index (χ0v) is 17.3. The zero-order valence-electron chi connectivity index (χ0n) is 14.2. The Morgan fingerprint density at radius 1 is 1.04 bits per heavy atom. The van der Waals surface area contributed by atoms with Crippen LogP contribution in [-0.2, 0) is 0 Å². The number of nitrogens with one attached hydrogen (secondary N) is 1. The molecule has 1 fully saturated rings. The van der Waals surface area contributed by atoms with Gasteiger partial charge in [-0.05, 0) is 68.5 Å². The van der Waals surface area contributed by atoms with Crippen molar-refractivity contribution in [2.45, 2.75) is 38.1 Å². The molecule has 4 rings (SSSR count). The predicted octanol–water partition coefficient (Wildman–Crippen LogP) is 5.54. The fourth-order valence-corrected chi connectivity index (χ4v) is 4.27. The molecule has 0 bridgehead atoms. The van der Waals surface area contributed by atoms with Gasteiger partial charge in [-0.25, -0.2) is 9.97 Å². The fourth-order valence-electron chi connectivity index (χ4n) is 3.49. The number of nitrogens with two attached hydrogens (primary N) is 1. The molecule has 1 saturated carbocycles. The van der Waals surface area contributed by atoms with E-state index < -0.39 is 0 Å². The average molecular weight is 477 g/mol. The second-order valence-electron chi connectivity index (χ2n) is 6.63. The normalized spacial score (nSPS) is 15.3. The van der Waals surface area contributed by atoms with E-state index in [-0.39, 0.29) is 0 Å². The van der Waals surface area contributed by atoms with E-state index in [1.807, 2.05) is 18.2 Å². The van der Waals surface area contributed by atoms with Gasteiger partial charge in [0.25, 0.3) is 0 Å². The number of halogens is 2. The first-order valence-corrected chi connectivity index (χ1v) is 10.3. The summed E-state index contributed by atoms with van der Waals surface area (Å²) in [6.07, 6.45) is 7.96. The molecule has 26 heavy (non-hydrogen) atoms. The summed E-state index contributed by atoms with van der Waals surface area (Å²) in [5.41, 5.74) is 8.85. The van der Waals surface area contributed by atoms with Gasteiger partial charge in [0.2, 0.25) is 5.95 Å². The number of pyridine rings is 1. The molecule has 7 heteroatoms. The van der Waals surface area contributed by atoms with Crippen LogP contribution < -0.4 is 11.1 Å². The molecule has 2 heterocycles. The lowest BCUT2D eigenvalue weighted by atomic mass is 9.95. The molecular weight excluding hydrogens is 458 g/mol. The van der Waals surface area contributed by atoms with Gasteiger partial charge < -0.3 is 11.1 Å². The van der Waals surface area contributed by atoms with Crippen molar-refractivity contribution in [1.29, 1.82) is 0 Å². The smallest absolute Gasteiger partial charge is 0.222 e. The SMILES string of the molecule is Nc1nc(NC2CCCCC2)c2cc(-c3cc(Br)cnc3Br)ccc2n1. The lowest BCUT2D eigenvalue weighted by Crippen LogP contribution is -2.23. The molecule has 3 aromatic rings. The number of hydrogen-bond acceptors (Lipinski definition) is 5. The second kappa shape index (κ2) is 7.48. The van der Waals surface area contributed by atoms with Gasteiger partial charge in [-0.1, -0.05) is 25.3 Å². The Bertz CT molecular complexity index is 954. The Hall–Kier alpha value is -1.73. The van der Waals surface area contributed by atoms with Crippen LogP contribution in [0.1, 0.15) is 32.1 Å². The minimum atomic E-state index is 0.300. The topological polar surface area (TPSA) is 76.7 Å². The highest BCUT2D eigenvalue weighted by atomic mass is 79.9. The third-order valence-electron chi connectivity index (χ3n) is 4.78. The monoisotopic (exact) mass is 475 g/mol. The maximum absolute atomic E-state index is 5.94. The van der Waals surface area contributed by atoms with Crippen molar-refractivity contribution < 1.29 is 0 Å². The van der Waals surface area contributed by atoms with E-state index in [9.17, 15) is 0 Å². The molecule has 0 radical (unpaired) electrons. The van der Waals surface area contributed by atoms with E-state index >= 15 is 0 Å². The van der Waals surface area contributed by atoms with Crippen molar-refractivity contribution in [2.24, 2.45) is 0 Å². The minimum Gasteiger partial charge on any atom is -0.368 e. The predicted molar refractivity (Wildman–Crippen MR) is 113 cm³/mol. The van der Waals surface area contributed by atoms with Crippen LogP contribution in [0.2, 0.25) is 0 Å². The Labute approximate surface area is 169 Å². The second-order valence-corrected chi connectivity index (χ2v) is 8.30. The van der Waals surface area contributed by atoms with E-state index in [1.165, 1.54) is 32.1 Å². The molecule has 0 atom stereocenters. The van der Waals surface area contributed by atoms with Crippen LogP contribution >= 0.6 is 31.9 Å². The van der Waals surface area contributed by atoms with E-state index in [2.05, 4.69) is 58.2 Å². The first kappa shape index (κ1) is 17.7. The highest BCUT2D eigenvalue weighted by molar-refractivity contribution is 9.11. The third-order valence-corrected chi connectivity index (χ3v) is 5.84. The molecule has 0 unspecified atom stereocenters. The molecule has 3 N–H and O–H groups in total. The molecule has 0 spiro atoms. The van der Waals surface area contributed by atoms with Crippen molar-refractivity contribution in [3.05, 3.63) is 39.5 Å². The summed E-state index contributed by atoms with van der Waals surface area (Å²) in [7, 11) is 0. The average Bonchev–Trinajstić information content (AvgIpc) is 2.64. The minimum absolute atomic E-state index is 0.300. The standard InChI is InChI=1S/C19H19Br2N5/c20-12-9-14(17(21)23-10-12)11-6-7-16-15(8-11)18(26-19(22)25-16)24-13-4-2-1-3-5-13/h6-10,13H,1-5H2,(H3,22,24,25,26). The Balaban J connectivity index is 1.79. The van der Waals surface area contributed by atoms with Gasteiger partial charge in [0.15, 0.2) is 0 Å². The number of hydrogen-bond donors (Lipinski definition) is 2.